The monoisotopic (exact) mass is 757 g/mol. The van der Waals surface area contributed by atoms with E-state index >= 15 is 0 Å². The van der Waals surface area contributed by atoms with Crippen molar-refractivity contribution < 1.29 is 28.2 Å². The Kier molecular flexibility index (Phi) is 15.7. The normalized spacial score (nSPS) is 16.0. The number of anilines is 4. The van der Waals surface area contributed by atoms with Gasteiger partial charge in [-0.1, -0.05) is 32.4 Å². The molecule has 0 aliphatic carbocycles. The molecule has 1 aliphatic heterocycles. The van der Waals surface area contributed by atoms with E-state index in [-0.39, 0.29) is 41.0 Å². The molecule has 0 bridgehead atoms. The van der Waals surface area contributed by atoms with E-state index in [1.54, 1.807) is 19.2 Å². The van der Waals surface area contributed by atoms with Crippen molar-refractivity contribution >= 4 is 52.7 Å². The third-order valence-electron chi connectivity index (χ3n) is 8.17. The van der Waals surface area contributed by atoms with Gasteiger partial charge >= 0.3 is 12.1 Å². The summed E-state index contributed by atoms with van der Waals surface area (Å²) in [4.78, 5) is 46.5. The number of carbonyl (C=O) groups is 3. The summed E-state index contributed by atoms with van der Waals surface area (Å²) in [5, 5.41) is 20.4. The van der Waals surface area contributed by atoms with Gasteiger partial charge in [-0.2, -0.15) is 0 Å². The maximum Gasteiger partial charge on any atom is 0.407 e. The fourth-order valence-electron chi connectivity index (χ4n) is 5.28. The highest BCUT2D eigenvalue weighted by Crippen LogP contribution is 2.32. The third-order valence-corrected chi connectivity index (χ3v) is 8.40. The zero-order chi connectivity index (χ0) is 39.3. The average Bonchev–Trinajstić information content (AvgIpc) is 3.41. The van der Waals surface area contributed by atoms with Gasteiger partial charge in [0.05, 0.1) is 23.4 Å². The largest absolute Gasteiger partial charge is 0.465 e. The molecule has 2 atom stereocenters. The standard InChI is InChI=1S/C30H41ClFN9O3.C7H12O2/c1-18(2)15-41(16-19(3)36-29(43)44-30(4,5)6)11-10-27(42)38-26-14-25(34-17-35-26)37-24-13-23(39-40-28(24)33-7)21-12-20(31)8-9-22(21)32;1-3-7(2)4-5-9-6(7)8/h8-9,12-14,17-19H,10-11,15-16H2,1-7H3,(H,33,40)(H,36,43)(H2,34,35,37,38,39,42);3-5H2,1-2H3. The molecule has 4 N–H and O–H groups in total. The number of carbonyl (C=O) groups excluding carboxylic acids is 3. The summed E-state index contributed by atoms with van der Waals surface area (Å²) in [6.07, 6.45) is 2.84. The summed E-state index contributed by atoms with van der Waals surface area (Å²) < 4.78 is 24.6. The van der Waals surface area contributed by atoms with Crippen LogP contribution in [0, 0.1) is 17.2 Å². The van der Waals surface area contributed by atoms with Crippen molar-refractivity contribution in [3.05, 3.63) is 47.5 Å². The molecule has 4 rings (SSSR count). The molecule has 1 fully saturated rings. The second kappa shape index (κ2) is 19.4. The lowest BCUT2D eigenvalue weighted by atomic mass is 9.86. The van der Waals surface area contributed by atoms with E-state index in [0.29, 0.717) is 53.8 Å². The fourth-order valence-corrected chi connectivity index (χ4v) is 5.45. The zero-order valence-electron chi connectivity index (χ0n) is 32.1. The van der Waals surface area contributed by atoms with Crippen LogP contribution in [0.25, 0.3) is 11.3 Å². The molecule has 0 radical (unpaired) electrons. The smallest absolute Gasteiger partial charge is 0.407 e. The van der Waals surface area contributed by atoms with Crippen molar-refractivity contribution in [1.82, 2.24) is 30.4 Å². The number of amides is 2. The maximum absolute atomic E-state index is 14.5. The molecule has 2 aromatic heterocycles. The molecule has 1 aliphatic rings. The summed E-state index contributed by atoms with van der Waals surface area (Å²) in [6, 6.07) is 7.22. The molecule has 53 heavy (non-hydrogen) atoms. The number of nitrogens with one attached hydrogen (secondary N) is 4. The number of hydrogen-bond acceptors (Lipinski definition) is 12. The highest BCUT2D eigenvalue weighted by Gasteiger charge is 2.37. The molecule has 14 nitrogen and oxygen atoms in total. The first-order valence-corrected chi connectivity index (χ1v) is 18.1. The van der Waals surface area contributed by atoms with Crippen molar-refractivity contribution in [3.8, 4) is 11.3 Å². The Labute approximate surface area is 316 Å². The van der Waals surface area contributed by atoms with Crippen LogP contribution in [0.1, 0.15) is 74.7 Å². The summed E-state index contributed by atoms with van der Waals surface area (Å²) in [7, 11) is 1.68. The van der Waals surface area contributed by atoms with Gasteiger partial charge in [0, 0.05) is 55.8 Å². The van der Waals surface area contributed by atoms with Crippen molar-refractivity contribution in [2.24, 2.45) is 11.3 Å². The summed E-state index contributed by atoms with van der Waals surface area (Å²) in [5.74, 6) is 0.711. The topological polar surface area (TPSA) is 173 Å². The van der Waals surface area contributed by atoms with Crippen molar-refractivity contribution in [2.75, 3.05) is 49.2 Å². The Morgan fingerprint density at radius 1 is 1.09 bits per heavy atom. The molecule has 290 valence electrons. The third kappa shape index (κ3) is 14.0. The second-order valence-corrected chi connectivity index (χ2v) is 15.0. The Morgan fingerprint density at radius 2 is 1.81 bits per heavy atom. The molecule has 16 heteroatoms. The fraction of sp³-hybridized carbons (Fsp3) is 0.541. The molecule has 2 amide bonds. The number of alkyl carbamates (subject to hydrolysis) is 1. The van der Waals surface area contributed by atoms with Gasteiger partial charge in [0.1, 0.15) is 29.4 Å². The first-order chi connectivity index (χ1) is 24.9. The Bertz CT molecular complexity index is 1710. The minimum Gasteiger partial charge on any atom is -0.465 e. The molecule has 2 unspecified atom stereocenters. The van der Waals surface area contributed by atoms with E-state index in [9.17, 15) is 18.8 Å². The van der Waals surface area contributed by atoms with Crippen LogP contribution in [0.4, 0.5) is 32.3 Å². The second-order valence-electron chi connectivity index (χ2n) is 14.6. The number of esters is 1. The lowest BCUT2D eigenvalue weighted by Gasteiger charge is -2.28. The average molecular weight is 758 g/mol. The van der Waals surface area contributed by atoms with Crippen LogP contribution < -0.4 is 21.3 Å². The molecule has 0 spiro atoms. The maximum atomic E-state index is 14.5. The summed E-state index contributed by atoms with van der Waals surface area (Å²) in [5.41, 5.74) is 0.203. The molecule has 1 saturated heterocycles. The molecular weight excluding hydrogens is 705 g/mol. The van der Waals surface area contributed by atoms with Crippen LogP contribution >= 0.6 is 11.6 Å². The first-order valence-electron chi connectivity index (χ1n) is 17.7. The van der Waals surface area contributed by atoms with Crippen LogP contribution in [0.15, 0.2) is 36.7 Å². The van der Waals surface area contributed by atoms with Crippen LogP contribution in [0.5, 0.6) is 0 Å². The van der Waals surface area contributed by atoms with Gasteiger partial charge in [-0.3, -0.25) is 9.59 Å². The van der Waals surface area contributed by atoms with Gasteiger partial charge in [0.15, 0.2) is 5.82 Å². The van der Waals surface area contributed by atoms with Gasteiger partial charge in [-0.05, 0) is 77.6 Å². The Morgan fingerprint density at radius 3 is 2.42 bits per heavy atom. The molecule has 0 saturated carbocycles. The Hall–Kier alpha value is -4.63. The van der Waals surface area contributed by atoms with E-state index in [1.807, 2.05) is 41.5 Å². The van der Waals surface area contributed by atoms with Gasteiger partial charge in [0.25, 0.3) is 0 Å². The predicted octanol–water partition coefficient (Wildman–Crippen LogP) is 7.06. The van der Waals surface area contributed by atoms with Crippen molar-refractivity contribution in [2.45, 2.75) is 86.3 Å². The zero-order valence-corrected chi connectivity index (χ0v) is 32.9. The Balaban J connectivity index is 0.000000731. The minimum atomic E-state index is -0.584. The highest BCUT2D eigenvalue weighted by atomic mass is 35.5. The SMILES string of the molecule is CCC1(C)CCOC1=O.CNc1nnc(-c2cc(Cl)ccc2F)cc1Nc1cc(NC(=O)CCN(CC(C)C)CC(C)NC(=O)OC(C)(C)C)ncn1. The number of halogens is 2. The number of hydrogen-bond donors (Lipinski definition) is 4. The van der Waals surface area contributed by atoms with Gasteiger partial charge in [-0.15, -0.1) is 10.2 Å². The summed E-state index contributed by atoms with van der Waals surface area (Å²) in [6.45, 7) is 17.9. The number of cyclic esters (lactones) is 1. The lowest BCUT2D eigenvalue weighted by Crippen LogP contribution is -2.45. The van der Waals surface area contributed by atoms with E-state index in [4.69, 9.17) is 21.1 Å². The predicted molar refractivity (Wildman–Crippen MR) is 205 cm³/mol. The van der Waals surface area contributed by atoms with E-state index < -0.39 is 17.5 Å². The van der Waals surface area contributed by atoms with Crippen molar-refractivity contribution in [1.29, 1.82) is 0 Å². The molecule has 1 aromatic carbocycles. The molecule has 3 aromatic rings. The quantitative estimate of drug-likeness (QED) is 0.124. The highest BCUT2D eigenvalue weighted by molar-refractivity contribution is 6.30. The summed E-state index contributed by atoms with van der Waals surface area (Å²) >= 11 is 6.06. The van der Waals surface area contributed by atoms with E-state index in [2.05, 4.69) is 60.2 Å². The van der Waals surface area contributed by atoms with Gasteiger partial charge < -0.3 is 35.6 Å². The number of nitrogens with zero attached hydrogens (tertiary/aromatic N) is 5. The van der Waals surface area contributed by atoms with Crippen LogP contribution in [0.2, 0.25) is 5.02 Å². The minimum absolute atomic E-state index is 0.0231. The van der Waals surface area contributed by atoms with Crippen molar-refractivity contribution in [3.63, 3.8) is 0 Å². The molecular formula is C37H53ClFN9O5. The number of benzene rings is 1. The van der Waals surface area contributed by atoms with Gasteiger partial charge in [-0.25, -0.2) is 19.2 Å². The first kappa shape index (κ1) is 42.8. The molecule has 3 heterocycles. The van der Waals surface area contributed by atoms with Crippen LogP contribution in [0.3, 0.4) is 0 Å². The number of rotatable bonds is 14. The number of aromatic nitrogens is 4. The lowest BCUT2D eigenvalue weighted by molar-refractivity contribution is -0.145. The van der Waals surface area contributed by atoms with E-state index in [0.717, 1.165) is 19.4 Å². The van der Waals surface area contributed by atoms with Crippen LogP contribution in [-0.2, 0) is 19.1 Å². The van der Waals surface area contributed by atoms with Gasteiger partial charge in [0.2, 0.25) is 5.91 Å². The number of ether oxygens (including phenoxy) is 2. The van der Waals surface area contributed by atoms with Crippen LogP contribution in [-0.4, -0.2) is 88.0 Å². The van der Waals surface area contributed by atoms with E-state index in [1.165, 1.54) is 24.5 Å².